The molecule has 1 aliphatic heterocycles. The van der Waals surface area contributed by atoms with Crippen LogP contribution in [0.1, 0.15) is 13.8 Å². The summed E-state index contributed by atoms with van der Waals surface area (Å²) < 4.78 is 27.1. The number of hydrogen-bond acceptors (Lipinski definition) is 2. The molecule has 1 N–H and O–H groups in total. The van der Waals surface area contributed by atoms with Crippen LogP contribution in [-0.4, -0.2) is 26.2 Å². The van der Waals surface area contributed by atoms with Crippen LogP contribution in [0.4, 0.5) is 14.5 Å². The Bertz CT molecular complexity index is 397. The second kappa shape index (κ2) is 5.65. The summed E-state index contributed by atoms with van der Waals surface area (Å²) in [7, 11) is 0. The fraction of sp³-hybridized carbons (Fsp3) is 0.571. The van der Waals surface area contributed by atoms with Gasteiger partial charge in [0.25, 0.3) is 0 Å². The van der Waals surface area contributed by atoms with Gasteiger partial charge in [0.2, 0.25) is 0 Å². The molecule has 0 spiro atoms. The summed E-state index contributed by atoms with van der Waals surface area (Å²) in [5.74, 6) is -0.668. The third-order valence-corrected chi connectivity index (χ3v) is 3.32. The SMILES string of the molecule is CC1CNCC(C)CN(c2cccc(F)c2F)C1. The van der Waals surface area contributed by atoms with E-state index in [2.05, 4.69) is 19.2 Å². The molecule has 2 unspecified atom stereocenters. The van der Waals surface area contributed by atoms with Crippen molar-refractivity contribution in [2.45, 2.75) is 13.8 Å². The molecule has 1 heterocycles. The van der Waals surface area contributed by atoms with Gasteiger partial charge in [-0.2, -0.15) is 0 Å². The molecule has 4 heteroatoms. The molecule has 0 amide bonds. The highest BCUT2D eigenvalue weighted by molar-refractivity contribution is 5.48. The molecule has 1 aromatic rings. The molecule has 0 bridgehead atoms. The van der Waals surface area contributed by atoms with Gasteiger partial charge in [-0.05, 0) is 37.1 Å². The number of nitrogens with zero attached hydrogens (tertiary/aromatic N) is 1. The second-order valence-electron chi connectivity index (χ2n) is 5.35. The van der Waals surface area contributed by atoms with Crippen LogP contribution in [-0.2, 0) is 0 Å². The minimum absolute atomic E-state index is 0.385. The first-order valence-electron chi connectivity index (χ1n) is 6.47. The summed E-state index contributed by atoms with van der Waals surface area (Å²) in [6.07, 6.45) is 0. The smallest absolute Gasteiger partial charge is 0.182 e. The Morgan fingerprint density at radius 3 is 2.33 bits per heavy atom. The Balaban J connectivity index is 2.25. The van der Waals surface area contributed by atoms with Crippen LogP contribution in [0.5, 0.6) is 0 Å². The van der Waals surface area contributed by atoms with Crippen molar-refractivity contribution in [3.63, 3.8) is 0 Å². The molecule has 0 saturated carbocycles. The van der Waals surface area contributed by atoms with Gasteiger partial charge in [0, 0.05) is 13.1 Å². The highest BCUT2D eigenvalue weighted by Gasteiger charge is 2.21. The van der Waals surface area contributed by atoms with E-state index in [9.17, 15) is 8.78 Å². The van der Waals surface area contributed by atoms with Crippen LogP contribution in [0, 0.1) is 23.5 Å². The van der Waals surface area contributed by atoms with E-state index in [1.54, 1.807) is 12.1 Å². The van der Waals surface area contributed by atoms with E-state index in [0.29, 0.717) is 17.5 Å². The number of nitrogens with one attached hydrogen (secondary N) is 1. The van der Waals surface area contributed by atoms with Gasteiger partial charge in [0.05, 0.1) is 5.69 Å². The van der Waals surface area contributed by atoms with Crippen molar-refractivity contribution in [2.24, 2.45) is 11.8 Å². The Kier molecular flexibility index (Phi) is 4.17. The molecule has 0 aromatic heterocycles. The molecule has 1 fully saturated rings. The minimum atomic E-state index is -0.770. The van der Waals surface area contributed by atoms with Crippen LogP contribution >= 0.6 is 0 Å². The standard InChI is InChI=1S/C14H20F2N2/c1-10-6-17-7-11(2)9-18(8-10)13-5-3-4-12(15)14(13)16/h3-5,10-11,17H,6-9H2,1-2H3. The molecule has 2 nitrogen and oxygen atoms in total. The molecule has 0 radical (unpaired) electrons. The maximum atomic E-state index is 13.8. The average molecular weight is 254 g/mol. The van der Waals surface area contributed by atoms with Gasteiger partial charge in [0.1, 0.15) is 0 Å². The predicted octanol–water partition coefficient (Wildman–Crippen LogP) is 2.65. The predicted molar refractivity (Wildman–Crippen MR) is 69.8 cm³/mol. The Labute approximate surface area is 107 Å². The summed E-state index contributed by atoms with van der Waals surface area (Å²) in [5.41, 5.74) is 0.385. The van der Waals surface area contributed by atoms with Crippen molar-refractivity contribution in [3.05, 3.63) is 29.8 Å². The molecule has 1 aromatic carbocycles. The van der Waals surface area contributed by atoms with E-state index in [-0.39, 0.29) is 0 Å². The Morgan fingerprint density at radius 2 is 1.72 bits per heavy atom. The van der Waals surface area contributed by atoms with Gasteiger partial charge in [-0.3, -0.25) is 0 Å². The topological polar surface area (TPSA) is 15.3 Å². The van der Waals surface area contributed by atoms with E-state index in [4.69, 9.17) is 0 Å². The van der Waals surface area contributed by atoms with Crippen molar-refractivity contribution in [3.8, 4) is 0 Å². The van der Waals surface area contributed by atoms with E-state index in [0.717, 1.165) is 32.2 Å². The van der Waals surface area contributed by atoms with Crippen molar-refractivity contribution in [2.75, 3.05) is 31.1 Å². The van der Waals surface area contributed by atoms with E-state index in [1.807, 2.05) is 4.90 Å². The fourth-order valence-corrected chi connectivity index (χ4v) is 2.47. The summed E-state index contributed by atoms with van der Waals surface area (Å²) in [4.78, 5) is 1.97. The largest absolute Gasteiger partial charge is 0.368 e. The second-order valence-corrected chi connectivity index (χ2v) is 5.35. The van der Waals surface area contributed by atoms with Crippen LogP contribution in [0.3, 0.4) is 0 Å². The highest BCUT2D eigenvalue weighted by Crippen LogP contribution is 2.24. The van der Waals surface area contributed by atoms with E-state index in [1.165, 1.54) is 0 Å². The minimum Gasteiger partial charge on any atom is -0.368 e. The van der Waals surface area contributed by atoms with Crippen molar-refractivity contribution in [1.29, 1.82) is 0 Å². The first-order valence-corrected chi connectivity index (χ1v) is 6.47. The van der Waals surface area contributed by atoms with Gasteiger partial charge < -0.3 is 10.2 Å². The molecule has 1 saturated heterocycles. The monoisotopic (exact) mass is 254 g/mol. The summed E-state index contributed by atoms with van der Waals surface area (Å²) >= 11 is 0. The first kappa shape index (κ1) is 13.3. The third kappa shape index (κ3) is 2.99. The highest BCUT2D eigenvalue weighted by atomic mass is 19.2. The zero-order valence-corrected chi connectivity index (χ0v) is 10.9. The molecular formula is C14H20F2N2. The summed E-state index contributed by atoms with van der Waals surface area (Å²) in [5, 5.41) is 3.39. The van der Waals surface area contributed by atoms with Crippen LogP contribution in [0.15, 0.2) is 18.2 Å². The molecule has 0 aliphatic carbocycles. The van der Waals surface area contributed by atoms with Gasteiger partial charge in [-0.1, -0.05) is 19.9 Å². The molecule has 18 heavy (non-hydrogen) atoms. The van der Waals surface area contributed by atoms with E-state index < -0.39 is 11.6 Å². The number of hydrogen-bond donors (Lipinski definition) is 1. The third-order valence-electron chi connectivity index (χ3n) is 3.32. The van der Waals surface area contributed by atoms with Crippen LogP contribution < -0.4 is 10.2 Å². The lowest BCUT2D eigenvalue weighted by Crippen LogP contribution is -2.43. The quantitative estimate of drug-likeness (QED) is 0.829. The van der Waals surface area contributed by atoms with Gasteiger partial charge >= 0.3 is 0 Å². The van der Waals surface area contributed by atoms with Gasteiger partial charge in [-0.25, -0.2) is 8.78 Å². The molecule has 100 valence electrons. The first-order chi connectivity index (χ1) is 8.58. The number of benzene rings is 1. The molecular weight excluding hydrogens is 234 g/mol. The van der Waals surface area contributed by atoms with Crippen molar-refractivity contribution < 1.29 is 8.78 Å². The lowest BCUT2D eigenvalue weighted by atomic mass is 10.0. The fourth-order valence-electron chi connectivity index (χ4n) is 2.47. The van der Waals surface area contributed by atoms with E-state index >= 15 is 0 Å². The Morgan fingerprint density at radius 1 is 1.11 bits per heavy atom. The number of anilines is 1. The lowest BCUT2D eigenvalue weighted by Gasteiger charge is -2.33. The maximum Gasteiger partial charge on any atom is 0.182 e. The van der Waals surface area contributed by atoms with Gasteiger partial charge in [-0.15, -0.1) is 0 Å². The van der Waals surface area contributed by atoms with Crippen molar-refractivity contribution >= 4 is 5.69 Å². The average Bonchev–Trinajstić information content (AvgIpc) is 2.30. The molecule has 1 aliphatic rings. The van der Waals surface area contributed by atoms with Crippen LogP contribution in [0.2, 0.25) is 0 Å². The lowest BCUT2D eigenvalue weighted by molar-refractivity contribution is 0.405. The van der Waals surface area contributed by atoms with Crippen molar-refractivity contribution in [1.82, 2.24) is 5.32 Å². The molecule has 2 atom stereocenters. The number of halogens is 2. The normalized spacial score (nSPS) is 25.7. The zero-order valence-electron chi connectivity index (χ0n) is 10.9. The Hall–Kier alpha value is -1.16. The zero-order chi connectivity index (χ0) is 13.1. The maximum absolute atomic E-state index is 13.8. The van der Waals surface area contributed by atoms with Gasteiger partial charge in [0.15, 0.2) is 11.6 Å². The molecule has 2 rings (SSSR count). The number of rotatable bonds is 1. The summed E-state index contributed by atoms with van der Waals surface area (Å²) in [6.45, 7) is 7.56. The summed E-state index contributed by atoms with van der Waals surface area (Å²) in [6, 6.07) is 4.39. The van der Waals surface area contributed by atoms with Crippen LogP contribution in [0.25, 0.3) is 0 Å².